The molecule has 1 aliphatic rings. The molecule has 0 aromatic heterocycles. The topological polar surface area (TPSA) is 12.0 Å². The van der Waals surface area contributed by atoms with E-state index in [1.165, 1.54) is 16.7 Å². The van der Waals surface area contributed by atoms with Crippen molar-refractivity contribution in [3.63, 3.8) is 0 Å². The highest BCUT2D eigenvalue weighted by Crippen LogP contribution is 2.33. The molecule has 1 aliphatic carbocycles. The van der Waals surface area contributed by atoms with E-state index < -0.39 is 0 Å². The summed E-state index contributed by atoms with van der Waals surface area (Å²) >= 11 is 0. The van der Waals surface area contributed by atoms with E-state index in [1.807, 2.05) is 0 Å². The fourth-order valence-electron chi connectivity index (χ4n) is 2.66. The Balaban J connectivity index is 2.25. The maximum Gasteiger partial charge on any atom is 0.0296 e. The van der Waals surface area contributed by atoms with E-state index in [9.17, 15) is 0 Å². The normalized spacial score (nSPS) is 17.5. The minimum atomic E-state index is 0.218. The van der Waals surface area contributed by atoms with Crippen molar-refractivity contribution >= 4 is 0 Å². The molecule has 0 saturated heterocycles. The van der Waals surface area contributed by atoms with Gasteiger partial charge in [0.2, 0.25) is 0 Å². The molecule has 80 valence electrons. The Morgan fingerprint density at radius 3 is 2.27 bits per heavy atom. The Labute approximate surface area is 92.2 Å². The molecule has 1 heteroatoms. The molecule has 1 aromatic carbocycles. The van der Waals surface area contributed by atoms with E-state index in [0.717, 1.165) is 19.3 Å². The summed E-state index contributed by atoms with van der Waals surface area (Å²) in [7, 11) is 2.06. The highest BCUT2D eigenvalue weighted by atomic mass is 14.9. The molecule has 2 rings (SSSR count). The van der Waals surface area contributed by atoms with Crippen LogP contribution in [0.2, 0.25) is 0 Å². The van der Waals surface area contributed by atoms with Gasteiger partial charge >= 0.3 is 0 Å². The molecule has 1 aromatic rings. The standard InChI is InChI=1S/C14H19N/c1-11(2)8-14(15-3)9-12-6-4-5-7-13(12)10-14/h4-7,15H,1,8-10H2,2-3H3. The molecular weight excluding hydrogens is 182 g/mol. The SMILES string of the molecule is C=C(C)CC1(NC)Cc2ccccc2C1. The second kappa shape index (κ2) is 3.82. The Morgan fingerprint density at radius 1 is 1.33 bits per heavy atom. The zero-order chi connectivity index (χ0) is 10.9. The first-order valence-corrected chi connectivity index (χ1v) is 5.55. The lowest BCUT2D eigenvalue weighted by molar-refractivity contribution is 0.364. The van der Waals surface area contributed by atoms with Crippen LogP contribution in [0.4, 0.5) is 0 Å². The summed E-state index contributed by atoms with van der Waals surface area (Å²) in [5, 5.41) is 3.49. The minimum absolute atomic E-state index is 0.218. The fourth-order valence-corrected chi connectivity index (χ4v) is 2.66. The van der Waals surface area contributed by atoms with Crippen LogP contribution in [0.3, 0.4) is 0 Å². The van der Waals surface area contributed by atoms with Crippen molar-refractivity contribution in [1.29, 1.82) is 0 Å². The van der Waals surface area contributed by atoms with Crippen LogP contribution in [0.15, 0.2) is 36.4 Å². The van der Waals surface area contributed by atoms with Gasteiger partial charge in [0, 0.05) is 5.54 Å². The van der Waals surface area contributed by atoms with E-state index in [-0.39, 0.29) is 5.54 Å². The van der Waals surface area contributed by atoms with Gasteiger partial charge in [-0.2, -0.15) is 0 Å². The molecule has 0 atom stereocenters. The largest absolute Gasteiger partial charge is 0.313 e. The Morgan fingerprint density at radius 2 is 1.87 bits per heavy atom. The van der Waals surface area contributed by atoms with E-state index in [2.05, 4.69) is 50.1 Å². The van der Waals surface area contributed by atoms with Crippen LogP contribution in [0.1, 0.15) is 24.5 Å². The molecule has 0 aliphatic heterocycles. The highest BCUT2D eigenvalue weighted by molar-refractivity contribution is 5.37. The molecule has 15 heavy (non-hydrogen) atoms. The number of hydrogen-bond donors (Lipinski definition) is 1. The van der Waals surface area contributed by atoms with Gasteiger partial charge in [0.25, 0.3) is 0 Å². The van der Waals surface area contributed by atoms with Gasteiger partial charge in [-0.25, -0.2) is 0 Å². The van der Waals surface area contributed by atoms with Gasteiger partial charge in [0.05, 0.1) is 0 Å². The second-order valence-corrected chi connectivity index (χ2v) is 4.79. The van der Waals surface area contributed by atoms with Crippen LogP contribution < -0.4 is 5.32 Å². The third-order valence-electron chi connectivity index (χ3n) is 3.35. The molecule has 0 unspecified atom stereocenters. The summed E-state index contributed by atoms with van der Waals surface area (Å²) in [4.78, 5) is 0. The number of hydrogen-bond acceptors (Lipinski definition) is 1. The first-order chi connectivity index (χ1) is 7.15. The fraction of sp³-hybridized carbons (Fsp3) is 0.429. The summed E-state index contributed by atoms with van der Waals surface area (Å²) < 4.78 is 0. The van der Waals surface area contributed by atoms with Crippen molar-refractivity contribution < 1.29 is 0 Å². The van der Waals surface area contributed by atoms with Gasteiger partial charge in [-0.3, -0.25) is 0 Å². The van der Waals surface area contributed by atoms with Gasteiger partial charge in [0.1, 0.15) is 0 Å². The van der Waals surface area contributed by atoms with Crippen molar-refractivity contribution in [3.8, 4) is 0 Å². The first-order valence-electron chi connectivity index (χ1n) is 5.55. The smallest absolute Gasteiger partial charge is 0.0296 e. The summed E-state index contributed by atoms with van der Waals surface area (Å²) in [5.41, 5.74) is 4.47. The molecule has 0 amide bonds. The van der Waals surface area contributed by atoms with E-state index in [4.69, 9.17) is 0 Å². The monoisotopic (exact) mass is 201 g/mol. The third kappa shape index (κ3) is 1.98. The van der Waals surface area contributed by atoms with Gasteiger partial charge < -0.3 is 5.32 Å². The second-order valence-electron chi connectivity index (χ2n) is 4.79. The van der Waals surface area contributed by atoms with Gasteiger partial charge in [0.15, 0.2) is 0 Å². The van der Waals surface area contributed by atoms with Gasteiger partial charge in [-0.05, 0) is 44.4 Å². The lowest BCUT2D eigenvalue weighted by Crippen LogP contribution is -2.44. The number of rotatable bonds is 3. The summed E-state index contributed by atoms with van der Waals surface area (Å²) in [6, 6.07) is 8.75. The maximum absolute atomic E-state index is 4.03. The summed E-state index contributed by atoms with van der Waals surface area (Å²) in [5.74, 6) is 0. The highest BCUT2D eigenvalue weighted by Gasteiger charge is 2.35. The molecule has 0 radical (unpaired) electrons. The van der Waals surface area contributed by atoms with Crippen LogP contribution in [0.5, 0.6) is 0 Å². The van der Waals surface area contributed by atoms with Crippen LogP contribution >= 0.6 is 0 Å². The lowest BCUT2D eigenvalue weighted by atomic mass is 9.89. The van der Waals surface area contributed by atoms with Crippen molar-refractivity contribution in [1.82, 2.24) is 5.32 Å². The van der Waals surface area contributed by atoms with Gasteiger partial charge in [-0.1, -0.05) is 29.8 Å². The third-order valence-corrected chi connectivity index (χ3v) is 3.35. The minimum Gasteiger partial charge on any atom is -0.313 e. The predicted octanol–water partition coefficient (Wildman–Crippen LogP) is 2.71. The van der Waals surface area contributed by atoms with Crippen molar-refractivity contribution in [2.45, 2.75) is 31.7 Å². The zero-order valence-electron chi connectivity index (χ0n) is 9.64. The Bertz CT molecular complexity index is 354. The Hall–Kier alpha value is -1.08. The van der Waals surface area contributed by atoms with Crippen molar-refractivity contribution in [3.05, 3.63) is 47.5 Å². The average molecular weight is 201 g/mol. The number of nitrogens with one attached hydrogen (secondary N) is 1. The van der Waals surface area contributed by atoms with Crippen molar-refractivity contribution in [2.24, 2.45) is 0 Å². The number of fused-ring (bicyclic) bond motifs is 1. The van der Waals surface area contributed by atoms with E-state index >= 15 is 0 Å². The van der Waals surface area contributed by atoms with E-state index in [1.54, 1.807) is 0 Å². The molecule has 0 fully saturated rings. The van der Waals surface area contributed by atoms with Crippen LogP contribution in [-0.4, -0.2) is 12.6 Å². The average Bonchev–Trinajstić information content (AvgIpc) is 2.55. The van der Waals surface area contributed by atoms with Crippen LogP contribution in [0.25, 0.3) is 0 Å². The molecule has 0 saturated carbocycles. The molecule has 1 nitrogen and oxygen atoms in total. The number of benzene rings is 1. The molecule has 1 N–H and O–H groups in total. The van der Waals surface area contributed by atoms with E-state index in [0.29, 0.717) is 0 Å². The summed E-state index contributed by atoms with van der Waals surface area (Å²) in [6.07, 6.45) is 3.33. The predicted molar refractivity (Wildman–Crippen MR) is 65.1 cm³/mol. The Kier molecular flexibility index (Phi) is 2.66. The van der Waals surface area contributed by atoms with Crippen molar-refractivity contribution in [2.75, 3.05) is 7.05 Å². The van der Waals surface area contributed by atoms with Gasteiger partial charge in [-0.15, -0.1) is 6.58 Å². The molecule has 0 heterocycles. The molecular formula is C14H19N. The summed E-state index contributed by atoms with van der Waals surface area (Å²) in [6.45, 7) is 6.15. The molecule has 0 spiro atoms. The number of likely N-dealkylation sites (N-methyl/N-ethyl adjacent to an activating group) is 1. The molecule has 0 bridgehead atoms. The quantitative estimate of drug-likeness (QED) is 0.741. The first kappa shape index (κ1) is 10.4. The maximum atomic E-state index is 4.03. The van der Waals surface area contributed by atoms with Crippen LogP contribution in [0, 0.1) is 0 Å². The van der Waals surface area contributed by atoms with Crippen LogP contribution in [-0.2, 0) is 12.8 Å². The lowest BCUT2D eigenvalue weighted by Gasteiger charge is -2.28. The zero-order valence-corrected chi connectivity index (χ0v) is 9.64.